The quantitative estimate of drug-likeness (QED) is 0.760. The number of hydrogen-bond acceptors (Lipinski definition) is 4. The molecule has 0 saturated carbocycles. The SMILES string of the molecule is CN(C(=O)C=Cc1ccco1)C1CCN(CCc2ccccn2)CC1. The standard InChI is InChI=1S/C20H25N3O2/c1-22(20(24)8-7-19-6-4-16-25-19)18-10-14-23(15-11-18)13-9-17-5-2-3-12-21-17/h2-8,12,16,18H,9-11,13-15H2,1H3. The molecule has 1 aliphatic rings. The summed E-state index contributed by atoms with van der Waals surface area (Å²) in [5, 5.41) is 0. The van der Waals surface area contributed by atoms with Crippen LogP contribution in [0.2, 0.25) is 0 Å². The lowest BCUT2D eigenvalue weighted by Crippen LogP contribution is -2.45. The summed E-state index contributed by atoms with van der Waals surface area (Å²) in [4.78, 5) is 21.0. The van der Waals surface area contributed by atoms with Gasteiger partial charge < -0.3 is 14.2 Å². The van der Waals surface area contributed by atoms with Crippen molar-refractivity contribution < 1.29 is 9.21 Å². The van der Waals surface area contributed by atoms with Crippen LogP contribution in [0.15, 0.2) is 53.3 Å². The van der Waals surface area contributed by atoms with Crippen molar-refractivity contribution in [1.82, 2.24) is 14.8 Å². The highest BCUT2D eigenvalue weighted by Gasteiger charge is 2.24. The van der Waals surface area contributed by atoms with E-state index in [0.29, 0.717) is 11.8 Å². The Morgan fingerprint density at radius 2 is 2.16 bits per heavy atom. The van der Waals surface area contributed by atoms with Crippen molar-refractivity contribution in [2.45, 2.75) is 25.3 Å². The highest BCUT2D eigenvalue weighted by molar-refractivity contribution is 5.91. The van der Waals surface area contributed by atoms with Gasteiger partial charge in [0, 0.05) is 57.1 Å². The molecule has 0 aromatic carbocycles. The van der Waals surface area contributed by atoms with Gasteiger partial charge in [0.15, 0.2) is 0 Å². The largest absolute Gasteiger partial charge is 0.465 e. The third-order valence-electron chi connectivity index (χ3n) is 4.80. The van der Waals surface area contributed by atoms with Crippen LogP contribution in [-0.2, 0) is 11.2 Å². The van der Waals surface area contributed by atoms with E-state index in [1.807, 2.05) is 42.4 Å². The number of carbonyl (C=O) groups is 1. The van der Waals surface area contributed by atoms with Crippen LogP contribution in [0, 0.1) is 0 Å². The maximum atomic E-state index is 12.3. The zero-order chi connectivity index (χ0) is 17.5. The molecular weight excluding hydrogens is 314 g/mol. The van der Waals surface area contributed by atoms with E-state index >= 15 is 0 Å². The zero-order valence-corrected chi connectivity index (χ0v) is 14.7. The summed E-state index contributed by atoms with van der Waals surface area (Å²) in [5.74, 6) is 0.731. The molecule has 2 aromatic heterocycles. The molecule has 0 aliphatic carbocycles. The van der Waals surface area contributed by atoms with Crippen LogP contribution in [0.1, 0.15) is 24.3 Å². The Kier molecular flexibility index (Phi) is 6.01. The molecule has 0 unspecified atom stereocenters. The summed E-state index contributed by atoms with van der Waals surface area (Å²) in [6.45, 7) is 3.08. The number of likely N-dealkylation sites (tertiary alicyclic amines) is 1. The molecule has 0 spiro atoms. The van der Waals surface area contributed by atoms with Gasteiger partial charge in [0.25, 0.3) is 0 Å². The minimum Gasteiger partial charge on any atom is -0.465 e. The maximum absolute atomic E-state index is 12.3. The topological polar surface area (TPSA) is 49.6 Å². The maximum Gasteiger partial charge on any atom is 0.246 e. The van der Waals surface area contributed by atoms with Crippen LogP contribution >= 0.6 is 0 Å². The van der Waals surface area contributed by atoms with Crippen LogP contribution in [0.3, 0.4) is 0 Å². The number of hydrogen-bond donors (Lipinski definition) is 0. The molecule has 1 fully saturated rings. The first-order chi connectivity index (χ1) is 12.2. The number of likely N-dealkylation sites (N-methyl/N-ethyl adjacent to an activating group) is 1. The van der Waals surface area contributed by atoms with E-state index in [1.165, 1.54) is 0 Å². The molecule has 1 saturated heterocycles. The fourth-order valence-corrected chi connectivity index (χ4v) is 3.19. The lowest BCUT2D eigenvalue weighted by Gasteiger charge is -2.36. The first kappa shape index (κ1) is 17.4. The molecular formula is C20H25N3O2. The molecule has 132 valence electrons. The van der Waals surface area contributed by atoms with Gasteiger partial charge in [-0.25, -0.2) is 0 Å². The summed E-state index contributed by atoms with van der Waals surface area (Å²) in [6, 6.07) is 10.0. The van der Waals surface area contributed by atoms with Gasteiger partial charge in [0.1, 0.15) is 5.76 Å². The fraction of sp³-hybridized carbons (Fsp3) is 0.400. The highest BCUT2D eigenvalue weighted by Crippen LogP contribution is 2.16. The Morgan fingerprint density at radius 1 is 1.32 bits per heavy atom. The summed E-state index contributed by atoms with van der Waals surface area (Å²) in [7, 11) is 1.89. The van der Waals surface area contributed by atoms with Crippen LogP contribution < -0.4 is 0 Å². The third kappa shape index (κ3) is 5.03. The Labute approximate surface area is 149 Å². The van der Waals surface area contributed by atoms with Crippen molar-refractivity contribution in [3.8, 4) is 0 Å². The predicted molar refractivity (Wildman–Crippen MR) is 97.9 cm³/mol. The van der Waals surface area contributed by atoms with Gasteiger partial charge in [-0.15, -0.1) is 0 Å². The van der Waals surface area contributed by atoms with Gasteiger partial charge in [0.05, 0.1) is 6.26 Å². The van der Waals surface area contributed by atoms with E-state index in [1.54, 1.807) is 18.4 Å². The summed E-state index contributed by atoms with van der Waals surface area (Å²) in [6.07, 6.45) is 9.77. The number of rotatable bonds is 6. The second-order valence-electron chi connectivity index (χ2n) is 6.44. The van der Waals surface area contributed by atoms with Crippen molar-refractivity contribution in [3.05, 3.63) is 60.3 Å². The Hall–Kier alpha value is -2.40. The summed E-state index contributed by atoms with van der Waals surface area (Å²) in [5.41, 5.74) is 1.14. The second-order valence-corrected chi connectivity index (χ2v) is 6.44. The molecule has 3 rings (SSSR count). The molecule has 2 aromatic rings. The number of piperidine rings is 1. The second kappa shape index (κ2) is 8.62. The van der Waals surface area contributed by atoms with Crippen LogP contribution in [-0.4, -0.2) is 53.4 Å². The summed E-state index contributed by atoms with van der Waals surface area (Å²) >= 11 is 0. The first-order valence-electron chi connectivity index (χ1n) is 8.83. The third-order valence-corrected chi connectivity index (χ3v) is 4.80. The first-order valence-corrected chi connectivity index (χ1v) is 8.83. The van der Waals surface area contributed by atoms with Crippen LogP contribution in [0.4, 0.5) is 0 Å². The number of carbonyl (C=O) groups excluding carboxylic acids is 1. The Balaban J connectivity index is 1.42. The molecule has 5 nitrogen and oxygen atoms in total. The molecule has 25 heavy (non-hydrogen) atoms. The van der Waals surface area contributed by atoms with Crippen molar-refractivity contribution >= 4 is 12.0 Å². The molecule has 1 amide bonds. The Morgan fingerprint density at radius 3 is 2.84 bits per heavy atom. The number of amides is 1. The average Bonchev–Trinajstić information content (AvgIpc) is 3.19. The van der Waals surface area contributed by atoms with E-state index in [0.717, 1.165) is 44.6 Å². The normalized spacial score (nSPS) is 16.4. The van der Waals surface area contributed by atoms with E-state index in [9.17, 15) is 4.79 Å². The minimum atomic E-state index is 0.0309. The lowest BCUT2D eigenvalue weighted by atomic mass is 10.0. The number of aromatic nitrogens is 1. The average molecular weight is 339 g/mol. The van der Waals surface area contributed by atoms with Gasteiger partial charge in [-0.3, -0.25) is 9.78 Å². The Bertz CT molecular complexity index is 674. The van der Waals surface area contributed by atoms with Crippen molar-refractivity contribution in [1.29, 1.82) is 0 Å². The fourth-order valence-electron chi connectivity index (χ4n) is 3.19. The summed E-state index contributed by atoms with van der Waals surface area (Å²) < 4.78 is 5.22. The molecule has 0 radical (unpaired) electrons. The predicted octanol–water partition coefficient (Wildman–Crippen LogP) is 2.85. The minimum absolute atomic E-state index is 0.0309. The number of furan rings is 1. The van der Waals surface area contributed by atoms with E-state index in [-0.39, 0.29) is 5.91 Å². The van der Waals surface area contributed by atoms with Gasteiger partial charge >= 0.3 is 0 Å². The molecule has 5 heteroatoms. The van der Waals surface area contributed by atoms with E-state index in [4.69, 9.17) is 4.42 Å². The molecule has 0 N–H and O–H groups in total. The van der Waals surface area contributed by atoms with E-state index in [2.05, 4.69) is 16.0 Å². The molecule has 1 aliphatic heterocycles. The monoisotopic (exact) mass is 339 g/mol. The highest BCUT2D eigenvalue weighted by atomic mass is 16.3. The van der Waals surface area contributed by atoms with E-state index < -0.39 is 0 Å². The number of pyridine rings is 1. The molecule has 0 bridgehead atoms. The zero-order valence-electron chi connectivity index (χ0n) is 14.7. The van der Waals surface area contributed by atoms with Crippen LogP contribution in [0.5, 0.6) is 0 Å². The number of nitrogens with zero attached hydrogens (tertiary/aromatic N) is 3. The molecule has 0 atom stereocenters. The van der Waals surface area contributed by atoms with Crippen molar-refractivity contribution in [2.75, 3.05) is 26.7 Å². The van der Waals surface area contributed by atoms with Crippen LogP contribution in [0.25, 0.3) is 6.08 Å². The lowest BCUT2D eigenvalue weighted by molar-refractivity contribution is -0.127. The van der Waals surface area contributed by atoms with Crippen molar-refractivity contribution in [2.24, 2.45) is 0 Å². The van der Waals surface area contributed by atoms with Gasteiger partial charge in [-0.05, 0) is 43.2 Å². The molecule has 3 heterocycles. The van der Waals surface area contributed by atoms with Gasteiger partial charge in [-0.2, -0.15) is 0 Å². The van der Waals surface area contributed by atoms with Crippen molar-refractivity contribution in [3.63, 3.8) is 0 Å². The van der Waals surface area contributed by atoms with Gasteiger partial charge in [-0.1, -0.05) is 6.07 Å². The smallest absolute Gasteiger partial charge is 0.246 e. The van der Waals surface area contributed by atoms with Gasteiger partial charge in [0.2, 0.25) is 5.91 Å².